The van der Waals surface area contributed by atoms with E-state index in [9.17, 15) is 14.4 Å². The van der Waals surface area contributed by atoms with Gasteiger partial charge in [0, 0.05) is 19.5 Å². The number of hydrogen-bond donors (Lipinski definition) is 1. The fourth-order valence-corrected chi connectivity index (χ4v) is 4.12. The van der Waals surface area contributed by atoms with E-state index in [2.05, 4.69) is 19.2 Å². The van der Waals surface area contributed by atoms with Crippen molar-refractivity contribution in [3.8, 4) is 5.75 Å². The average molecular weight is 387 g/mol. The summed E-state index contributed by atoms with van der Waals surface area (Å²) in [7, 11) is 1.75. The van der Waals surface area contributed by atoms with Crippen molar-refractivity contribution < 1.29 is 14.3 Å². The highest BCUT2D eigenvalue weighted by Crippen LogP contribution is 2.45. The normalized spacial score (nSPS) is 22.5. The number of para-hydroxylation sites is 1. The van der Waals surface area contributed by atoms with E-state index in [4.69, 9.17) is 4.74 Å². The van der Waals surface area contributed by atoms with Crippen LogP contribution in [0, 0.1) is 5.41 Å². The van der Waals surface area contributed by atoms with E-state index in [1.54, 1.807) is 16.2 Å². The molecule has 0 aliphatic heterocycles. The maximum absolute atomic E-state index is 12.9. The molecular weight excluding hydrogens is 358 g/mol. The average Bonchev–Trinajstić information content (AvgIpc) is 2.90. The van der Waals surface area contributed by atoms with E-state index in [-0.39, 0.29) is 30.2 Å². The molecule has 2 amide bonds. The Morgan fingerprint density at radius 3 is 2.79 bits per heavy atom. The van der Waals surface area contributed by atoms with Gasteiger partial charge in [-0.25, -0.2) is 4.79 Å². The molecule has 0 bridgehead atoms. The predicted octanol–water partition coefficient (Wildman–Crippen LogP) is 2.91. The fourth-order valence-electron chi connectivity index (χ4n) is 4.12. The van der Waals surface area contributed by atoms with Crippen molar-refractivity contribution in [3.05, 3.63) is 28.7 Å². The lowest BCUT2D eigenvalue weighted by molar-refractivity contribution is -0.125. The third-order valence-corrected chi connectivity index (χ3v) is 6.10. The molecule has 0 radical (unpaired) electrons. The van der Waals surface area contributed by atoms with Crippen LogP contribution in [-0.2, 0) is 16.6 Å². The second-order valence-electron chi connectivity index (χ2n) is 8.22. The highest BCUT2D eigenvalue weighted by Gasteiger charge is 2.40. The summed E-state index contributed by atoms with van der Waals surface area (Å²) in [5, 5.41) is 2.13. The Kier molecular flexibility index (Phi) is 5.63. The molecule has 1 aromatic carbocycles. The van der Waals surface area contributed by atoms with Gasteiger partial charge < -0.3 is 4.74 Å². The molecular formula is C21H29N3O4. The molecule has 7 nitrogen and oxygen atoms in total. The minimum Gasteiger partial charge on any atom is -0.488 e. The van der Waals surface area contributed by atoms with Crippen molar-refractivity contribution in [2.75, 3.05) is 0 Å². The number of amides is 2. The third-order valence-electron chi connectivity index (χ3n) is 6.10. The lowest BCUT2D eigenvalue weighted by atomic mass is 9.66. The van der Waals surface area contributed by atoms with Crippen LogP contribution in [0.25, 0.3) is 11.0 Å². The van der Waals surface area contributed by atoms with E-state index >= 15 is 0 Å². The topological polar surface area (TPSA) is 82.3 Å². The molecule has 1 N–H and O–H groups in total. The van der Waals surface area contributed by atoms with Gasteiger partial charge in [0.25, 0.3) is 0 Å². The quantitative estimate of drug-likeness (QED) is 0.706. The number of ether oxygens (including phenoxy) is 1. The smallest absolute Gasteiger partial charge is 0.329 e. The lowest BCUT2D eigenvalue weighted by Gasteiger charge is -2.44. The maximum atomic E-state index is 12.9. The molecule has 1 aromatic heterocycles. The molecule has 1 fully saturated rings. The van der Waals surface area contributed by atoms with Gasteiger partial charge in [0.05, 0.1) is 11.6 Å². The molecule has 1 heterocycles. The van der Waals surface area contributed by atoms with Crippen LogP contribution >= 0.6 is 0 Å². The molecule has 1 aliphatic carbocycles. The predicted molar refractivity (Wildman–Crippen MR) is 107 cm³/mol. The molecule has 1 saturated carbocycles. The van der Waals surface area contributed by atoms with Crippen LogP contribution in [0.1, 0.15) is 58.9 Å². The highest BCUT2D eigenvalue weighted by molar-refractivity contribution is 5.86. The van der Waals surface area contributed by atoms with E-state index in [1.807, 2.05) is 25.1 Å². The van der Waals surface area contributed by atoms with Crippen molar-refractivity contribution in [3.63, 3.8) is 0 Å². The van der Waals surface area contributed by atoms with Crippen molar-refractivity contribution in [2.24, 2.45) is 12.5 Å². The molecule has 28 heavy (non-hydrogen) atoms. The van der Waals surface area contributed by atoms with Crippen LogP contribution < -0.4 is 15.7 Å². The summed E-state index contributed by atoms with van der Waals surface area (Å²) in [4.78, 5) is 34.8. The Balaban J connectivity index is 1.85. The van der Waals surface area contributed by atoms with Gasteiger partial charge in [-0.15, -0.1) is 0 Å². The SMILES string of the molecule is CCC1(C)CC(Oc2cccc3c2n(C)c(=O)n3C(C)CCC(=O)NC=O)C1. The Hall–Kier alpha value is -2.57. The standard InChI is InChI=1S/C21H29N3O4/c1-5-21(3)11-15(12-21)28-17-8-6-7-16-19(17)23(4)20(27)24(16)14(2)9-10-18(26)22-13-25/h6-8,13-15H,5,9-12H2,1-4H3,(H,22,25,26). The molecule has 1 aliphatic rings. The fraction of sp³-hybridized carbons (Fsp3) is 0.571. The zero-order chi connectivity index (χ0) is 20.5. The van der Waals surface area contributed by atoms with Crippen molar-refractivity contribution in [2.45, 2.75) is 65.0 Å². The van der Waals surface area contributed by atoms with Gasteiger partial charge in [-0.1, -0.05) is 26.3 Å². The van der Waals surface area contributed by atoms with Crippen LogP contribution in [0.4, 0.5) is 0 Å². The van der Waals surface area contributed by atoms with E-state index < -0.39 is 0 Å². The van der Waals surface area contributed by atoms with Crippen LogP contribution in [0.2, 0.25) is 0 Å². The van der Waals surface area contributed by atoms with Gasteiger partial charge in [0.1, 0.15) is 11.3 Å². The summed E-state index contributed by atoms with van der Waals surface area (Å²) < 4.78 is 9.56. The number of benzene rings is 1. The van der Waals surface area contributed by atoms with Crippen molar-refractivity contribution in [1.82, 2.24) is 14.5 Å². The number of fused-ring (bicyclic) bond motifs is 1. The van der Waals surface area contributed by atoms with Crippen LogP contribution in [0.5, 0.6) is 5.75 Å². The minimum absolute atomic E-state index is 0.138. The number of carbonyl (C=O) groups is 2. The first-order valence-electron chi connectivity index (χ1n) is 9.89. The number of hydrogen-bond acceptors (Lipinski definition) is 4. The van der Waals surface area contributed by atoms with Crippen molar-refractivity contribution in [1.29, 1.82) is 0 Å². The summed E-state index contributed by atoms with van der Waals surface area (Å²) in [6, 6.07) is 5.53. The number of aryl methyl sites for hydroxylation is 1. The maximum Gasteiger partial charge on any atom is 0.329 e. The molecule has 152 valence electrons. The molecule has 7 heteroatoms. The summed E-state index contributed by atoms with van der Waals surface area (Å²) in [6.07, 6.45) is 4.38. The third kappa shape index (κ3) is 3.70. The van der Waals surface area contributed by atoms with Crippen molar-refractivity contribution >= 4 is 23.4 Å². The summed E-state index contributed by atoms with van der Waals surface area (Å²) in [5.74, 6) is 0.382. The molecule has 0 spiro atoms. The van der Waals surface area contributed by atoms with E-state index in [0.29, 0.717) is 18.2 Å². The number of nitrogens with zero attached hydrogens (tertiary/aromatic N) is 2. The van der Waals surface area contributed by atoms with Gasteiger partial charge >= 0.3 is 5.69 Å². The van der Waals surface area contributed by atoms with Crippen LogP contribution in [0.15, 0.2) is 23.0 Å². The Morgan fingerprint density at radius 1 is 1.43 bits per heavy atom. The molecule has 1 atom stereocenters. The monoisotopic (exact) mass is 387 g/mol. The minimum atomic E-state index is -0.344. The number of rotatable bonds is 8. The molecule has 0 saturated heterocycles. The first-order valence-corrected chi connectivity index (χ1v) is 9.89. The molecule has 1 unspecified atom stereocenters. The second kappa shape index (κ2) is 7.81. The van der Waals surface area contributed by atoms with Crippen LogP contribution in [0.3, 0.4) is 0 Å². The van der Waals surface area contributed by atoms with Gasteiger partial charge in [-0.2, -0.15) is 0 Å². The Bertz CT molecular complexity index is 937. The first kappa shape index (κ1) is 20.2. The van der Waals surface area contributed by atoms with Gasteiger partial charge in [-0.05, 0) is 43.7 Å². The van der Waals surface area contributed by atoms with Gasteiger partial charge in [0.15, 0.2) is 0 Å². The van der Waals surface area contributed by atoms with Gasteiger partial charge in [-0.3, -0.25) is 24.0 Å². The molecule has 2 aromatic rings. The number of aromatic nitrogens is 2. The van der Waals surface area contributed by atoms with Gasteiger partial charge in [0.2, 0.25) is 12.3 Å². The second-order valence-corrected chi connectivity index (χ2v) is 8.22. The zero-order valence-electron chi connectivity index (χ0n) is 17.0. The Morgan fingerprint density at radius 2 is 2.14 bits per heavy atom. The summed E-state index contributed by atoms with van der Waals surface area (Å²) >= 11 is 0. The number of nitrogens with one attached hydrogen (secondary N) is 1. The number of imide groups is 1. The Labute approximate surface area is 164 Å². The largest absolute Gasteiger partial charge is 0.488 e. The summed E-state index contributed by atoms with van der Waals surface area (Å²) in [6.45, 7) is 6.39. The molecule has 3 rings (SSSR count). The first-order chi connectivity index (χ1) is 13.3. The summed E-state index contributed by atoms with van der Waals surface area (Å²) in [5.41, 5.74) is 1.79. The highest BCUT2D eigenvalue weighted by atomic mass is 16.5. The lowest BCUT2D eigenvalue weighted by Crippen LogP contribution is -2.41. The number of carbonyl (C=O) groups excluding carboxylic acids is 2. The zero-order valence-corrected chi connectivity index (χ0v) is 17.0. The van der Waals surface area contributed by atoms with E-state index in [1.165, 1.54) is 0 Å². The van der Waals surface area contributed by atoms with E-state index in [0.717, 1.165) is 36.0 Å². The number of imidazole rings is 1. The van der Waals surface area contributed by atoms with Crippen LogP contribution in [-0.4, -0.2) is 27.6 Å².